The summed E-state index contributed by atoms with van der Waals surface area (Å²) in [6.45, 7) is 14.2. The largest absolute Gasteiger partial charge is 0.743 e. The van der Waals surface area contributed by atoms with Crippen LogP contribution in [0.1, 0.15) is 27.7 Å². The maximum atomic E-state index is 12.2. The van der Waals surface area contributed by atoms with Crippen molar-refractivity contribution in [3.8, 4) is 0 Å². The van der Waals surface area contributed by atoms with E-state index in [0.29, 0.717) is 0 Å². The smallest absolute Gasteiger partial charge is 0.425 e. The zero-order valence-electron chi connectivity index (χ0n) is 14.0. The lowest BCUT2D eigenvalue weighted by atomic mass is 10.2. The van der Waals surface area contributed by atoms with E-state index in [2.05, 4.69) is 27.7 Å². The first-order valence-corrected chi connectivity index (χ1v) is 8.57. The lowest BCUT2D eigenvalue weighted by Gasteiger charge is -2.34. The van der Waals surface area contributed by atoms with Gasteiger partial charge in [-0.1, -0.05) is 0 Å². The van der Waals surface area contributed by atoms with E-state index < -0.39 is 33.6 Å². The maximum Gasteiger partial charge on any atom is 0.425 e. The fourth-order valence-electron chi connectivity index (χ4n) is 1.86. The highest BCUT2D eigenvalue weighted by molar-refractivity contribution is 7.86. The van der Waals surface area contributed by atoms with E-state index >= 15 is 0 Å². The first-order valence-electron chi connectivity index (χ1n) is 7.17. The van der Waals surface area contributed by atoms with Crippen molar-refractivity contribution in [2.75, 3.05) is 26.2 Å². The van der Waals surface area contributed by atoms with Crippen molar-refractivity contribution in [3.63, 3.8) is 0 Å². The summed E-state index contributed by atoms with van der Waals surface area (Å²) in [4.78, 5) is 0. The van der Waals surface area contributed by atoms with E-state index in [4.69, 9.17) is 0 Å². The van der Waals surface area contributed by atoms with E-state index in [1.807, 2.05) is 0 Å². The molecule has 0 saturated carbocycles. The second kappa shape index (κ2) is 8.80. The molecule has 0 amide bonds. The van der Waals surface area contributed by atoms with Crippen molar-refractivity contribution in [1.82, 2.24) is 0 Å². The van der Waals surface area contributed by atoms with Crippen LogP contribution in [0.15, 0.2) is 0 Å². The molecular weight excluding hydrogens is 390 g/mol. The Morgan fingerprint density at radius 3 is 1.24 bits per heavy atom. The summed E-state index contributed by atoms with van der Waals surface area (Å²) in [5.74, 6) is -6.70. The molecule has 4 nitrogen and oxygen atoms in total. The van der Waals surface area contributed by atoms with Gasteiger partial charge in [0.2, 0.25) is 0 Å². The molecule has 13 heteroatoms. The van der Waals surface area contributed by atoms with Crippen molar-refractivity contribution in [2.24, 2.45) is 0 Å². The van der Waals surface area contributed by atoms with Crippen LogP contribution in [0.3, 0.4) is 0 Å². The number of hydrogen-bond acceptors (Lipinski definition) is 3. The molecule has 0 spiro atoms. The average Bonchev–Trinajstić information content (AvgIpc) is 2.47. The predicted molar refractivity (Wildman–Crippen MR) is 73.0 cm³/mol. The molecular formula is C12H21F8NO3S. The normalized spacial score (nSPS) is 15.4. The molecule has 0 aliphatic heterocycles. The number of alkyl halides is 8. The minimum atomic E-state index is -7.14. The Morgan fingerprint density at radius 2 is 1.12 bits per heavy atom. The monoisotopic (exact) mass is 411 g/mol. The Bertz CT molecular complexity index is 485. The van der Waals surface area contributed by atoms with Gasteiger partial charge in [0.15, 0.2) is 10.1 Å². The SMILES string of the molecule is CC[N+](CC)(CC)CC.O=S(=O)([O-])C(F)(F)C(F)(F)C(F)C(F)(F)F. The van der Waals surface area contributed by atoms with E-state index in [0.717, 1.165) is 0 Å². The van der Waals surface area contributed by atoms with Crippen LogP contribution < -0.4 is 0 Å². The first-order chi connectivity index (χ1) is 10.9. The summed E-state index contributed by atoms with van der Waals surface area (Å²) in [5, 5.41) is -6.70. The van der Waals surface area contributed by atoms with Crippen molar-refractivity contribution in [1.29, 1.82) is 0 Å². The van der Waals surface area contributed by atoms with Gasteiger partial charge in [-0.3, -0.25) is 0 Å². The van der Waals surface area contributed by atoms with Crippen LogP contribution in [0.5, 0.6) is 0 Å². The van der Waals surface area contributed by atoms with Gasteiger partial charge in [-0.15, -0.1) is 0 Å². The Labute approximate surface area is 141 Å². The second-order valence-electron chi connectivity index (χ2n) is 5.10. The predicted octanol–water partition coefficient (Wildman–Crippen LogP) is 3.54. The molecule has 0 radical (unpaired) electrons. The molecule has 25 heavy (non-hydrogen) atoms. The number of hydrogen-bond donors (Lipinski definition) is 0. The number of rotatable bonds is 7. The zero-order valence-corrected chi connectivity index (χ0v) is 14.8. The standard InChI is InChI=1S/C8H20N.C4H2F8O3S/c1-5-9(6-2,7-3)8-4;5-1(3(8,9)10)2(6,7)4(11,12)16(13,14)15/h5-8H2,1-4H3;1H,(H,13,14,15)/q+1;/p-1. The Balaban J connectivity index is 0. The lowest BCUT2D eigenvalue weighted by molar-refractivity contribution is -0.921. The van der Waals surface area contributed by atoms with Gasteiger partial charge in [-0.05, 0) is 27.7 Å². The van der Waals surface area contributed by atoms with E-state index in [9.17, 15) is 48.1 Å². The topological polar surface area (TPSA) is 57.2 Å². The fraction of sp³-hybridized carbons (Fsp3) is 1.00. The summed E-state index contributed by atoms with van der Waals surface area (Å²) in [7, 11) is -7.14. The second-order valence-corrected chi connectivity index (χ2v) is 6.53. The van der Waals surface area contributed by atoms with Crippen LogP contribution in [-0.2, 0) is 10.1 Å². The number of halogens is 8. The number of quaternary nitrogens is 1. The summed E-state index contributed by atoms with van der Waals surface area (Å²) < 4.78 is 125. The summed E-state index contributed by atoms with van der Waals surface area (Å²) in [6.07, 6.45) is -11.9. The lowest BCUT2D eigenvalue weighted by Crippen LogP contribution is -2.56. The van der Waals surface area contributed by atoms with Crippen molar-refractivity contribution < 1.29 is 52.6 Å². The first kappa shape index (κ1) is 26.5. The van der Waals surface area contributed by atoms with Crippen molar-refractivity contribution >= 4 is 10.1 Å². The van der Waals surface area contributed by atoms with E-state index in [-0.39, 0.29) is 0 Å². The highest BCUT2D eigenvalue weighted by Crippen LogP contribution is 2.46. The maximum absolute atomic E-state index is 12.2. The van der Waals surface area contributed by atoms with Gasteiger partial charge in [-0.25, -0.2) is 12.8 Å². The Hall–Kier alpha value is -0.690. The molecule has 154 valence electrons. The third kappa shape index (κ3) is 6.20. The van der Waals surface area contributed by atoms with Crippen LogP contribution >= 0.6 is 0 Å². The van der Waals surface area contributed by atoms with Gasteiger partial charge in [0.05, 0.1) is 26.2 Å². The molecule has 0 aliphatic rings. The van der Waals surface area contributed by atoms with Gasteiger partial charge >= 0.3 is 17.4 Å². The highest BCUT2D eigenvalue weighted by Gasteiger charge is 2.72. The van der Waals surface area contributed by atoms with Crippen LogP contribution in [-0.4, -0.2) is 67.2 Å². The Kier molecular flexibility index (Phi) is 9.34. The van der Waals surface area contributed by atoms with Crippen LogP contribution in [0.25, 0.3) is 0 Å². The van der Waals surface area contributed by atoms with Gasteiger partial charge in [0, 0.05) is 0 Å². The van der Waals surface area contributed by atoms with E-state index in [1.54, 1.807) is 0 Å². The minimum Gasteiger partial charge on any atom is -0.743 e. The third-order valence-electron chi connectivity index (χ3n) is 3.99. The summed E-state index contributed by atoms with van der Waals surface area (Å²) in [5.41, 5.74) is 0. The quantitative estimate of drug-likeness (QED) is 0.366. The van der Waals surface area contributed by atoms with Gasteiger partial charge in [-0.2, -0.15) is 30.7 Å². The molecule has 0 fully saturated rings. The molecule has 0 aromatic rings. The van der Waals surface area contributed by atoms with Crippen molar-refractivity contribution in [2.45, 2.75) is 51.2 Å². The molecule has 0 heterocycles. The molecule has 1 unspecified atom stereocenters. The van der Waals surface area contributed by atoms with Crippen LogP contribution in [0.2, 0.25) is 0 Å². The molecule has 0 saturated heterocycles. The van der Waals surface area contributed by atoms with Crippen LogP contribution in [0, 0.1) is 0 Å². The molecule has 0 aromatic heterocycles. The van der Waals surface area contributed by atoms with Gasteiger partial charge in [0.25, 0.3) is 6.17 Å². The Morgan fingerprint density at radius 1 is 0.840 bits per heavy atom. The molecule has 0 rings (SSSR count). The molecule has 1 atom stereocenters. The van der Waals surface area contributed by atoms with Gasteiger partial charge in [0.1, 0.15) is 0 Å². The molecule has 0 N–H and O–H groups in total. The summed E-state index contributed by atoms with van der Waals surface area (Å²) in [6, 6.07) is 0. The van der Waals surface area contributed by atoms with Crippen LogP contribution in [0.4, 0.5) is 35.1 Å². The molecule has 0 bridgehead atoms. The van der Waals surface area contributed by atoms with Crippen molar-refractivity contribution in [3.05, 3.63) is 0 Å². The minimum absolute atomic E-state index is 1.28. The third-order valence-corrected chi connectivity index (χ3v) is 4.89. The summed E-state index contributed by atoms with van der Waals surface area (Å²) >= 11 is 0. The highest BCUT2D eigenvalue weighted by atomic mass is 32.2. The number of nitrogens with zero attached hydrogens (tertiary/aromatic N) is 1. The fourth-order valence-corrected chi connectivity index (χ4v) is 2.30. The van der Waals surface area contributed by atoms with E-state index in [1.165, 1.54) is 30.7 Å². The zero-order chi connectivity index (χ0) is 20.9. The van der Waals surface area contributed by atoms with Gasteiger partial charge < -0.3 is 9.04 Å². The average molecular weight is 411 g/mol. The molecule has 0 aromatic carbocycles. The molecule has 0 aliphatic carbocycles.